The van der Waals surface area contributed by atoms with Crippen LogP contribution in [0, 0.1) is 0 Å². The van der Waals surface area contributed by atoms with Crippen LogP contribution in [0.2, 0.25) is 0 Å². The van der Waals surface area contributed by atoms with E-state index in [-0.39, 0.29) is 16.4 Å². The van der Waals surface area contributed by atoms with E-state index in [0.717, 1.165) is 36.1 Å². The predicted molar refractivity (Wildman–Crippen MR) is 130 cm³/mol. The molecule has 2 rings (SSSR count). The summed E-state index contributed by atoms with van der Waals surface area (Å²) in [5.41, 5.74) is 3.06. The van der Waals surface area contributed by atoms with Crippen LogP contribution in [0.1, 0.15) is 136 Å². The fourth-order valence-corrected chi connectivity index (χ4v) is 5.08. The third-order valence-electron chi connectivity index (χ3n) is 6.72. The van der Waals surface area contributed by atoms with Gasteiger partial charge < -0.3 is 9.84 Å². The van der Waals surface area contributed by atoms with E-state index >= 15 is 0 Å². The monoisotopic (exact) mass is 416 g/mol. The largest absolute Gasteiger partial charge is 0.507 e. The average molecular weight is 417 g/mol. The maximum absolute atomic E-state index is 11.3. The van der Waals surface area contributed by atoms with Gasteiger partial charge in [0, 0.05) is 23.1 Å². The number of hydrogen-bond donors (Lipinski definition) is 1. The minimum atomic E-state index is -0.115. The SMILES string of the molecule is CCCCCCC1(CCCCCC)Cc2c(cc(C(C)(C)C)c(O)c2C(C)(C)C)O1. The molecule has 0 saturated carbocycles. The lowest BCUT2D eigenvalue weighted by Gasteiger charge is -2.29. The highest BCUT2D eigenvalue weighted by Crippen LogP contribution is 2.51. The molecule has 0 unspecified atom stereocenters. The van der Waals surface area contributed by atoms with E-state index in [1.807, 2.05) is 0 Å². The Kier molecular flexibility index (Phi) is 8.33. The summed E-state index contributed by atoms with van der Waals surface area (Å²) >= 11 is 0. The van der Waals surface area contributed by atoms with E-state index in [9.17, 15) is 5.11 Å². The van der Waals surface area contributed by atoms with E-state index in [4.69, 9.17) is 4.74 Å². The molecule has 1 aromatic carbocycles. The first-order valence-corrected chi connectivity index (χ1v) is 12.5. The van der Waals surface area contributed by atoms with Crippen LogP contribution in [0.5, 0.6) is 11.5 Å². The summed E-state index contributed by atoms with van der Waals surface area (Å²) in [6, 6.07) is 2.15. The number of fused-ring (bicyclic) bond motifs is 1. The van der Waals surface area contributed by atoms with Gasteiger partial charge in [0.25, 0.3) is 0 Å². The van der Waals surface area contributed by atoms with Crippen LogP contribution < -0.4 is 4.74 Å². The number of aromatic hydroxyl groups is 1. The highest BCUT2D eigenvalue weighted by atomic mass is 16.5. The van der Waals surface area contributed by atoms with Crippen molar-refractivity contribution in [1.29, 1.82) is 0 Å². The number of ether oxygens (including phenoxy) is 1. The number of benzene rings is 1. The third kappa shape index (κ3) is 5.95. The zero-order chi connectivity index (χ0) is 22.6. The second-order valence-electron chi connectivity index (χ2n) is 11.7. The summed E-state index contributed by atoms with van der Waals surface area (Å²) < 4.78 is 6.87. The van der Waals surface area contributed by atoms with Crippen molar-refractivity contribution in [1.82, 2.24) is 0 Å². The van der Waals surface area contributed by atoms with Gasteiger partial charge in [0.05, 0.1) is 0 Å². The van der Waals surface area contributed by atoms with Crippen molar-refractivity contribution in [3.63, 3.8) is 0 Å². The van der Waals surface area contributed by atoms with Crippen LogP contribution in [0.3, 0.4) is 0 Å². The molecule has 0 radical (unpaired) electrons. The molecule has 1 aliphatic heterocycles. The molecule has 0 aliphatic carbocycles. The van der Waals surface area contributed by atoms with Gasteiger partial charge in [0.15, 0.2) is 0 Å². The average Bonchev–Trinajstić information content (AvgIpc) is 2.98. The van der Waals surface area contributed by atoms with E-state index < -0.39 is 0 Å². The highest BCUT2D eigenvalue weighted by molar-refractivity contribution is 5.59. The molecule has 0 saturated heterocycles. The summed E-state index contributed by atoms with van der Waals surface area (Å²) in [5.74, 6) is 1.53. The number of phenols is 1. The highest BCUT2D eigenvalue weighted by Gasteiger charge is 2.43. The van der Waals surface area contributed by atoms with Crippen molar-refractivity contribution in [3.05, 3.63) is 22.8 Å². The fourth-order valence-electron chi connectivity index (χ4n) is 5.08. The van der Waals surface area contributed by atoms with Crippen molar-refractivity contribution in [2.75, 3.05) is 0 Å². The quantitative estimate of drug-likeness (QED) is 0.387. The van der Waals surface area contributed by atoms with Crippen molar-refractivity contribution in [3.8, 4) is 11.5 Å². The molecule has 30 heavy (non-hydrogen) atoms. The van der Waals surface area contributed by atoms with E-state index in [2.05, 4.69) is 61.5 Å². The van der Waals surface area contributed by atoms with Crippen molar-refractivity contribution >= 4 is 0 Å². The first-order chi connectivity index (χ1) is 13.9. The predicted octanol–water partition coefficient (Wildman–Crippen LogP) is 8.60. The molecule has 0 aromatic heterocycles. The molecular weight excluding hydrogens is 368 g/mol. The molecule has 1 heterocycles. The van der Waals surface area contributed by atoms with Crippen molar-refractivity contribution < 1.29 is 9.84 Å². The fraction of sp³-hybridized carbons (Fsp3) is 0.786. The summed E-state index contributed by atoms with van der Waals surface area (Å²) in [7, 11) is 0. The third-order valence-corrected chi connectivity index (χ3v) is 6.72. The molecule has 2 heteroatoms. The smallest absolute Gasteiger partial charge is 0.124 e. The lowest BCUT2D eigenvalue weighted by atomic mass is 9.75. The molecule has 0 fully saturated rings. The van der Waals surface area contributed by atoms with Gasteiger partial charge in [-0.1, -0.05) is 93.9 Å². The van der Waals surface area contributed by atoms with Gasteiger partial charge in [-0.25, -0.2) is 0 Å². The van der Waals surface area contributed by atoms with Crippen LogP contribution in [0.4, 0.5) is 0 Å². The maximum atomic E-state index is 11.3. The summed E-state index contributed by atoms with van der Waals surface area (Å²) in [4.78, 5) is 0. The first-order valence-electron chi connectivity index (χ1n) is 12.5. The second kappa shape index (κ2) is 9.96. The zero-order valence-electron chi connectivity index (χ0n) is 21.2. The Bertz CT molecular complexity index is 676. The Balaban J connectivity index is 2.42. The van der Waals surface area contributed by atoms with Crippen LogP contribution in [0.15, 0.2) is 6.07 Å². The number of unbranched alkanes of at least 4 members (excludes halogenated alkanes) is 6. The van der Waals surface area contributed by atoms with Crippen LogP contribution >= 0.6 is 0 Å². The Morgan fingerprint density at radius 1 is 0.833 bits per heavy atom. The number of rotatable bonds is 10. The van der Waals surface area contributed by atoms with Gasteiger partial charge in [0.2, 0.25) is 0 Å². The van der Waals surface area contributed by atoms with E-state index in [1.165, 1.54) is 56.9 Å². The van der Waals surface area contributed by atoms with Gasteiger partial charge in [0.1, 0.15) is 17.1 Å². The molecule has 0 bridgehead atoms. The standard InChI is InChI=1S/C28H48O2/c1-9-11-13-15-17-28(18-16-14-12-10-2)20-21-23(30-28)19-22(26(3,4)5)25(29)24(21)27(6,7)8/h19,29H,9-18,20H2,1-8H3. The lowest BCUT2D eigenvalue weighted by Crippen LogP contribution is -2.34. The summed E-state index contributed by atoms with van der Waals surface area (Å²) in [6.45, 7) is 17.7. The first kappa shape index (κ1) is 25.1. The minimum Gasteiger partial charge on any atom is -0.507 e. The Morgan fingerprint density at radius 3 is 1.80 bits per heavy atom. The normalized spacial score (nSPS) is 15.9. The molecule has 1 N–H and O–H groups in total. The van der Waals surface area contributed by atoms with Crippen molar-refractivity contribution in [2.24, 2.45) is 0 Å². The molecule has 0 spiro atoms. The summed E-state index contributed by atoms with van der Waals surface area (Å²) in [6.07, 6.45) is 13.4. The van der Waals surface area contributed by atoms with Gasteiger partial charge in [-0.15, -0.1) is 0 Å². The van der Waals surface area contributed by atoms with E-state index in [1.54, 1.807) is 0 Å². The topological polar surface area (TPSA) is 29.5 Å². The second-order valence-corrected chi connectivity index (χ2v) is 11.7. The molecule has 1 aliphatic rings. The Labute approximate surface area is 186 Å². The van der Waals surface area contributed by atoms with Crippen LogP contribution in [0.25, 0.3) is 0 Å². The molecular formula is C28H48O2. The number of phenolic OH excluding ortho intramolecular Hbond substituents is 1. The Morgan fingerprint density at radius 2 is 1.37 bits per heavy atom. The molecule has 0 amide bonds. The zero-order valence-corrected chi connectivity index (χ0v) is 21.2. The molecule has 0 atom stereocenters. The van der Waals surface area contributed by atoms with Gasteiger partial charge in [-0.2, -0.15) is 0 Å². The summed E-state index contributed by atoms with van der Waals surface area (Å²) in [5, 5.41) is 11.3. The molecule has 172 valence electrons. The maximum Gasteiger partial charge on any atom is 0.124 e. The van der Waals surface area contributed by atoms with Gasteiger partial charge >= 0.3 is 0 Å². The van der Waals surface area contributed by atoms with Gasteiger partial charge in [-0.3, -0.25) is 0 Å². The van der Waals surface area contributed by atoms with E-state index in [0.29, 0.717) is 5.75 Å². The van der Waals surface area contributed by atoms with Crippen LogP contribution in [-0.2, 0) is 17.3 Å². The lowest BCUT2D eigenvalue weighted by molar-refractivity contribution is 0.0683. The van der Waals surface area contributed by atoms with Gasteiger partial charge in [-0.05, 0) is 42.6 Å². The Hall–Kier alpha value is -1.18. The van der Waals surface area contributed by atoms with Crippen molar-refractivity contribution in [2.45, 2.75) is 142 Å². The molecule has 1 aromatic rings. The number of hydrogen-bond acceptors (Lipinski definition) is 2. The molecule has 2 nitrogen and oxygen atoms in total. The minimum absolute atomic E-state index is 0.0905. The van der Waals surface area contributed by atoms with Crippen LogP contribution in [-0.4, -0.2) is 10.7 Å².